The lowest BCUT2D eigenvalue weighted by atomic mass is 9.96. The van der Waals surface area contributed by atoms with Crippen molar-refractivity contribution < 1.29 is 5.11 Å². The number of aromatic amines is 1. The van der Waals surface area contributed by atoms with E-state index < -0.39 is 17.1 Å². The molecule has 0 unspecified atom stereocenters. The summed E-state index contributed by atoms with van der Waals surface area (Å²) in [4.78, 5) is 31.4. The van der Waals surface area contributed by atoms with Crippen molar-refractivity contribution in [3.8, 4) is 5.88 Å². The van der Waals surface area contributed by atoms with E-state index in [4.69, 9.17) is 4.99 Å². The van der Waals surface area contributed by atoms with Gasteiger partial charge in [-0.15, -0.1) is 6.58 Å². The molecule has 6 nitrogen and oxygen atoms in total. The number of allylic oxidation sites excluding steroid dienone is 2. The molecule has 0 spiro atoms. The fourth-order valence-electron chi connectivity index (χ4n) is 3.22. The average molecular weight is 371 g/mol. The number of nitrogens with zero attached hydrogens (tertiary/aromatic N) is 2. The Labute approximate surface area is 160 Å². The molecule has 0 atom stereocenters. The number of aromatic hydroxyl groups is 1. The monoisotopic (exact) mass is 371 g/mol. The fourth-order valence-corrected chi connectivity index (χ4v) is 3.22. The lowest BCUT2D eigenvalue weighted by molar-refractivity contribution is 0.409. The largest absolute Gasteiger partial charge is 0.494 e. The Hall–Kier alpha value is -3.93. The number of aromatic nitrogens is 2. The van der Waals surface area contributed by atoms with Gasteiger partial charge in [0.25, 0.3) is 5.56 Å². The first-order chi connectivity index (χ1) is 13.6. The summed E-state index contributed by atoms with van der Waals surface area (Å²) in [7, 11) is 0. The number of aliphatic imine (C=N–C) groups is 1. The highest BCUT2D eigenvalue weighted by atomic mass is 16.3. The molecule has 6 heteroatoms. The summed E-state index contributed by atoms with van der Waals surface area (Å²) in [5.74, 6) is -0.405. The van der Waals surface area contributed by atoms with E-state index in [0.29, 0.717) is 11.3 Å². The predicted octanol–water partition coefficient (Wildman–Crippen LogP) is 3.10. The van der Waals surface area contributed by atoms with Crippen molar-refractivity contribution >= 4 is 23.0 Å². The molecule has 2 heterocycles. The molecular formula is C22H17N3O3. The van der Waals surface area contributed by atoms with Crippen LogP contribution in [0.15, 0.2) is 81.8 Å². The van der Waals surface area contributed by atoms with Crippen molar-refractivity contribution in [1.29, 1.82) is 0 Å². The maximum Gasteiger partial charge on any atom is 0.331 e. The van der Waals surface area contributed by atoms with Crippen LogP contribution in [-0.4, -0.2) is 20.4 Å². The zero-order valence-electron chi connectivity index (χ0n) is 14.9. The second-order valence-corrected chi connectivity index (χ2v) is 6.30. The maximum absolute atomic E-state index is 12.4. The molecule has 1 aliphatic rings. The molecule has 28 heavy (non-hydrogen) atoms. The minimum atomic E-state index is -0.687. The number of H-pyrrole nitrogens is 1. The van der Waals surface area contributed by atoms with E-state index in [1.54, 1.807) is 6.08 Å². The zero-order valence-corrected chi connectivity index (χ0v) is 14.9. The van der Waals surface area contributed by atoms with Crippen LogP contribution >= 0.6 is 0 Å². The van der Waals surface area contributed by atoms with Crippen LogP contribution in [0.5, 0.6) is 5.88 Å². The van der Waals surface area contributed by atoms with Gasteiger partial charge in [0.05, 0.1) is 11.4 Å². The van der Waals surface area contributed by atoms with Gasteiger partial charge in [0.2, 0.25) is 5.88 Å². The highest BCUT2D eigenvalue weighted by Gasteiger charge is 2.23. The number of rotatable bonds is 4. The Balaban J connectivity index is 1.97. The van der Waals surface area contributed by atoms with Crippen LogP contribution in [0.1, 0.15) is 16.7 Å². The van der Waals surface area contributed by atoms with Gasteiger partial charge < -0.3 is 5.11 Å². The molecule has 1 aromatic heterocycles. The van der Waals surface area contributed by atoms with Gasteiger partial charge in [-0.05, 0) is 12.1 Å². The third-order valence-electron chi connectivity index (χ3n) is 4.54. The van der Waals surface area contributed by atoms with Crippen LogP contribution in [0.3, 0.4) is 0 Å². The van der Waals surface area contributed by atoms with Crippen molar-refractivity contribution in [3.63, 3.8) is 0 Å². The maximum atomic E-state index is 12.4. The van der Waals surface area contributed by atoms with Crippen molar-refractivity contribution in [1.82, 2.24) is 9.55 Å². The van der Waals surface area contributed by atoms with Crippen LogP contribution in [0.25, 0.3) is 11.6 Å². The van der Waals surface area contributed by atoms with Crippen LogP contribution in [0.4, 0.5) is 5.69 Å². The van der Waals surface area contributed by atoms with Crippen LogP contribution in [0, 0.1) is 0 Å². The fraction of sp³-hybridized carbons (Fsp3) is 0.0455. The SMILES string of the molecule is C=CCn1c(O)c(/C=C2\C(c3ccccc3)=Nc3ccccc32)c(=O)[nH]c1=O. The smallest absolute Gasteiger partial charge is 0.331 e. The van der Waals surface area contributed by atoms with E-state index in [0.717, 1.165) is 21.4 Å². The van der Waals surface area contributed by atoms with Gasteiger partial charge in [-0.25, -0.2) is 9.79 Å². The second-order valence-electron chi connectivity index (χ2n) is 6.30. The highest BCUT2D eigenvalue weighted by molar-refractivity contribution is 6.39. The quantitative estimate of drug-likeness (QED) is 0.691. The average Bonchev–Trinajstić information content (AvgIpc) is 3.07. The van der Waals surface area contributed by atoms with Gasteiger partial charge in [-0.2, -0.15) is 0 Å². The second kappa shape index (κ2) is 7.00. The first-order valence-electron chi connectivity index (χ1n) is 8.72. The Morgan fingerprint density at radius 1 is 1.07 bits per heavy atom. The number of nitrogens with one attached hydrogen (secondary N) is 1. The molecule has 0 saturated carbocycles. The van der Waals surface area contributed by atoms with E-state index in [9.17, 15) is 14.7 Å². The zero-order chi connectivity index (χ0) is 19.7. The Bertz CT molecular complexity index is 1250. The van der Waals surface area contributed by atoms with Gasteiger partial charge in [-0.1, -0.05) is 54.6 Å². The first kappa shape index (κ1) is 17.5. The van der Waals surface area contributed by atoms with Gasteiger partial charge in [0.15, 0.2) is 0 Å². The van der Waals surface area contributed by atoms with Crippen LogP contribution in [0.2, 0.25) is 0 Å². The third kappa shape index (κ3) is 2.91. The molecule has 2 aromatic carbocycles. The van der Waals surface area contributed by atoms with Crippen molar-refractivity contribution in [3.05, 3.63) is 105 Å². The van der Waals surface area contributed by atoms with Crippen LogP contribution < -0.4 is 11.2 Å². The minimum absolute atomic E-state index is 0.00298. The van der Waals surface area contributed by atoms with Crippen molar-refractivity contribution in [2.45, 2.75) is 6.54 Å². The molecule has 1 aliphatic heterocycles. The number of para-hydroxylation sites is 1. The van der Waals surface area contributed by atoms with Crippen molar-refractivity contribution in [2.24, 2.45) is 4.99 Å². The summed E-state index contributed by atoms with van der Waals surface area (Å²) >= 11 is 0. The molecule has 0 bridgehead atoms. The van der Waals surface area contributed by atoms with E-state index in [2.05, 4.69) is 11.6 Å². The lowest BCUT2D eigenvalue weighted by Crippen LogP contribution is -2.31. The normalized spacial score (nSPS) is 14.0. The number of hydrogen-bond donors (Lipinski definition) is 2. The third-order valence-corrected chi connectivity index (χ3v) is 4.54. The molecule has 0 radical (unpaired) electrons. The number of hydrogen-bond acceptors (Lipinski definition) is 4. The molecule has 0 aliphatic carbocycles. The molecule has 3 aromatic rings. The first-order valence-corrected chi connectivity index (χ1v) is 8.72. The van der Waals surface area contributed by atoms with Gasteiger partial charge in [0.1, 0.15) is 5.56 Å². The number of benzene rings is 2. The summed E-state index contributed by atoms with van der Waals surface area (Å²) in [5.41, 5.74) is 2.57. The van der Waals surface area contributed by atoms with Gasteiger partial charge in [-0.3, -0.25) is 14.3 Å². The van der Waals surface area contributed by atoms with Gasteiger partial charge >= 0.3 is 5.69 Å². The minimum Gasteiger partial charge on any atom is -0.494 e. The van der Waals surface area contributed by atoms with E-state index >= 15 is 0 Å². The molecule has 0 fully saturated rings. The van der Waals surface area contributed by atoms with E-state index in [-0.39, 0.29) is 12.1 Å². The molecule has 0 amide bonds. The summed E-state index contributed by atoms with van der Waals surface area (Å²) in [6.07, 6.45) is 3.04. The molecule has 2 N–H and O–H groups in total. The molecule has 4 rings (SSSR count). The molecule has 0 saturated heterocycles. The van der Waals surface area contributed by atoms with Crippen molar-refractivity contribution in [2.75, 3.05) is 0 Å². The number of fused-ring (bicyclic) bond motifs is 1. The van der Waals surface area contributed by atoms with E-state index in [1.165, 1.54) is 6.08 Å². The molecule has 138 valence electrons. The Morgan fingerprint density at radius 2 is 1.79 bits per heavy atom. The van der Waals surface area contributed by atoms with Gasteiger partial charge in [0, 0.05) is 23.2 Å². The van der Waals surface area contributed by atoms with E-state index in [1.807, 2.05) is 54.6 Å². The predicted molar refractivity (Wildman–Crippen MR) is 110 cm³/mol. The molecular weight excluding hydrogens is 354 g/mol. The highest BCUT2D eigenvalue weighted by Crippen LogP contribution is 2.38. The summed E-state index contributed by atoms with van der Waals surface area (Å²) in [6.45, 7) is 3.65. The Morgan fingerprint density at radius 3 is 2.54 bits per heavy atom. The summed E-state index contributed by atoms with van der Waals surface area (Å²) in [6, 6.07) is 17.2. The standard InChI is InChI=1S/C22H17N3O3/c1-2-12-25-21(27)17(20(26)24-22(25)28)13-16-15-10-6-7-11-18(15)23-19(16)14-8-4-3-5-9-14/h2-11,13,27H,1,12H2,(H,24,26,28)/b16-13-. The summed E-state index contributed by atoms with van der Waals surface area (Å²) < 4.78 is 1.06. The lowest BCUT2D eigenvalue weighted by Gasteiger charge is -2.09. The summed E-state index contributed by atoms with van der Waals surface area (Å²) in [5, 5.41) is 10.6. The Kier molecular flexibility index (Phi) is 4.37. The topological polar surface area (TPSA) is 87.4 Å². The van der Waals surface area contributed by atoms with Crippen LogP contribution in [-0.2, 0) is 6.54 Å².